The molecule has 3 fully saturated rings. The maximum Gasteiger partial charge on any atom is 0.308 e. The minimum Gasteiger partial charge on any atom is -0.486 e. The smallest absolute Gasteiger partial charge is 0.308 e. The molecule has 0 unspecified atom stereocenters. The first-order valence-electron chi connectivity index (χ1n) is 23.2. The first kappa shape index (κ1) is 49.2. The summed E-state index contributed by atoms with van der Waals surface area (Å²) in [6.07, 6.45) is 2.41. The monoisotopic (exact) mass is 1030 g/mol. The number of ether oxygens (including phenoxy) is 2. The number of pyridine rings is 3. The number of amides is 1. The molecule has 70 heavy (non-hydrogen) atoms. The summed E-state index contributed by atoms with van der Waals surface area (Å²) >= 11 is 23.5. The number of halogens is 5. The second-order valence-corrected chi connectivity index (χ2v) is 19.5. The SMILES string of the molecule is Clc1ccc2nc(Cl)ccc2c1.O=C(N[C@H](CN1CCCC1)[C@H](O)c1cc(F)c2c(c1)OCCO2)[C@@H]1CCN(c2ccc3cc(Cl)ccc3n2)C1.O=C(O)[C@@H]1CCN(c2ccc3cc(Cl)ccc3n2)C1. The van der Waals surface area contributed by atoms with E-state index in [-0.39, 0.29) is 35.8 Å². The number of hydrogen-bond donors (Lipinski definition) is 3. The van der Waals surface area contributed by atoms with E-state index in [2.05, 4.69) is 25.1 Å². The zero-order valence-corrected chi connectivity index (χ0v) is 40.9. The molecule has 4 atom stereocenters. The average molecular weight is 1030 g/mol. The van der Waals surface area contributed by atoms with Gasteiger partial charge in [0.2, 0.25) is 5.91 Å². The van der Waals surface area contributed by atoms with Gasteiger partial charge >= 0.3 is 5.97 Å². The van der Waals surface area contributed by atoms with Crippen molar-refractivity contribution < 1.29 is 33.7 Å². The fraction of sp³-hybridized carbons (Fsp3) is 0.327. The molecule has 1 amide bonds. The third-order valence-electron chi connectivity index (χ3n) is 13.0. The maximum atomic E-state index is 14.8. The number of benzene rings is 4. The van der Waals surface area contributed by atoms with Crippen LogP contribution in [-0.4, -0.2) is 107 Å². The quantitative estimate of drug-likeness (QED) is 0.118. The fourth-order valence-electron chi connectivity index (χ4n) is 9.25. The summed E-state index contributed by atoms with van der Waals surface area (Å²) in [5.74, 6) is 0.0252. The molecule has 3 N–H and O–H groups in total. The van der Waals surface area contributed by atoms with Crippen LogP contribution >= 0.6 is 46.4 Å². The summed E-state index contributed by atoms with van der Waals surface area (Å²) in [7, 11) is 0. The van der Waals surface area contributed by atoms with Crippen molar-refractivity contribution in [2.45, 2.75) is 37.8 Å². The third kappa shape index (κ3) is 11.9. The van der Waals surface area contributed by atoms with E-state index >= 15 is 0 Å². The largest absolute Gasteiger partial charge is 0.486 e. The van der Waals surface area contributed by atoms with Crippen LogP contribution in [-0.2, 0) is 9.59 Å². The Morgan fingerprint density at radius 1 is 0.671 bits per heavy atom. The molecule has 18 heteroatoms. The summed E-state index contributed by atoms with van der Waals surface area (Å²) in [5.41, 5.74) is 2.95. The topological polar surface area (TPSA) is 153 Å². The van der Waals surface area contributed by atoms with Crippen LogP contribution in [0.3, 0.4) is 0 Å². The molecule has 0 bridgehead atoms. The Balaban J connectivity index is 0.000000160. The number of carboxylic acid groups (broad SMARTS) is 1. The number of anilines is 2. The van der Waals surface area contributed by atoms with Crippen LogP contribution in [0, 0.1) is 17.7 Å². The van der Waals surface area contributed by atoms with E-state index in [1.54, 1.807) is 18.2 Å². The normalized spacial score (nSPS) is 18.5. The lowest BCUT2D eigenvalue weighted by Crippen LogP contribution is -2.48. The van der Waals surface area contributed by atoms with Crippen LogP contribution in [0.15, 0.2) is 103 Å². The lowest BCUT2D eigenvalue weighted by Gasteiger charge is -2.30. The van der Waals surface area contributed by atoms with E-state index in [0.717, 1.165) is 76.8 Å². The number of likely N-dealkylation sites (tertiary alicyclic amines) is 1. The van der Waals surface area contributed by atoms with E-state index < -0.39 is 23.9 Å². The van der Waals surface area contributed by atoms with Gasteiger partial charge in [0.25, 0.3) is 0 Å². The number of nitrogens with zero attached hydrogens (tertiary/aromatic N) is 6. The molecule has 0 radical (unpaired) electrons. The first-order valence-corrected chi connectivity index (χ1v) is 24.7. The highest BCUT2D eigenvalue weighted by atomic mass is 35.5. The number of carbonyl (C=O) groups is 2. The standard InChI is InChI=1S/C29H32ClFN4O4.C14H13ClN2O2.C9H5Cl2N/c30-21-4-5-23-18(13-21)3-6-26(32-23)35-10-7-19(16-35)29(37)33-24(17-34-8-1-2-9-34)27(36)20-14-22(31)28-25(15-20)38-11-12-39-28;15-11-2-3-12-9(7-11)1-4-13(16-12)17-6-5-10(8-17)14(18)19;10-7-2-3-8-6(5-7)1-4-9(11)12-8/h3-6,13-15,19,24,27,36H,1-2,7-12,16-17H2,(H,33,37);1-4,7,10H,5-6,8H2,(H,18,19);1-5H/t19-,24-,27-;10-;/m11./s1. The summed E-state index contributed by atoms with van der Waals surface area (Å²) < 4.78 is 25.7. The van der Waals surface area contributed by atoms with E-state index in [4.69, 9.17) is 66.0 Å². The van der Waals surface area contributed by atoms with Gasteiger partial charge in [0, 0.05) is 64.0 Å². The number of carboxylic acids is 1. The van der Waals surface area contributed by atoms with Crippen molar-refractivity contribution in [2.24, 2.45) is 11.8 Å². The van der Waals surface area contributed by atoms with Gasteiger partial charge in [-0.15, -0.1) is 0 Å². The van der Waals surface area contributed by atoms with Gasteiger partial charge in [0.05, 0.1) is 34.4 Å². The highest BCUT2D eigenvalue weighted by Crippen LogP contribution is 2.37. The predicted molar refractivity (Wildman–Crippen MR) is 273 cm³/mol. The molecule has 7 aromatic rings. The zero-order valence-electron chi connectivity index (χ0n) is 37.9. The Kier molecular flexibility index (Phi) is 15.6. The van der Waals surface area contributed by atoms with Crippen molar-refractivity contribution in [3.8, 4) is 11.5 Å². The van der Waals surface area contributed by atoms with Crippen molar-refractivity contribution in [3.63, 3.8) is 0 Å². The zero-order chi connectivity index (χ0) is 48.9. The van der Waals surface area contributed by atoms with Gasteiger partial charge in [-0.25, -0.2) is 19.3 Å². The molecule has 0 spiro atoms. The van der Waals surface area contributed by atoms with Gasteiger partial charge in [0.15, 0.2) is 17.3 Å². The number of nitrogens with one attached hydrogen (secondary N) is 1. The van der Waals surface area contributed by atoms with Crippen molar-refractivity contribution in [1.29, 1.82) is 0 Å². The number of carbonyl (C=O) groups excluding carboxylic acids is 1. The predicted octanol–water partition coefficient (Wildman–Crippen LogP) is 10.3. The Morgan fingerprint density at radius 3 is 1.77 bits per heavy atom. The van der Waals surface area contributed by atoms with Gasteiger partial charge in [-0.05, 0) is 147 Å². The van der Waals surface area contributed by atoms with Crippen molar-refractivity contribution in [2.75, 3.05) is 68.8 Å². The minimum atomic E-state index is -1.11. The molecule has 4 aliphatic heterocycles. The molecule has 0 saturated carbocycles. The number of aliphatic hydroxyl groups excluding tert-OH is 1. The molecule has 4 aromatic carbocycles. The van der Waals surface area contributed by atoms with Crippen molar-refractivity contribution in [1.82, 2.24) is 25.2 Å². The molecular weight excluding hydrogens is 979 g/mol. The minimum absolute atomic E-state index is 0.0637. The van der Waals surface area contributed by atoms with Crippen LogP contribution in [0.5, 0.6) is 11.5 Å². The average Bonchev–Trinajstić information content (AvgIpc) is 4.18. The summed E-state index contributed by atoms with van der Waals surface area (Å²) in [6, 6.07) is 30.4. The van der Waals surface area contributed by atoms with E-state index in [0.29, 0.717) is 71.4 Å². The van der Waals surface area contributed by atoms with Crippen LogP contribution in [0.1, 0.15) is 37.4 Å². The molecule has 7 heterocycles. The van der Waals surface area contributed by atoms with E-state index in [9.17, 15) is 19.1 Å². The van der Waals surface area contributed by atoms with Crippen LogP contribution in [0.25, 0.3) is 32.7 Å². The Hall–Kier alpha value is -5.74. The molecule has 4 aliphatic rings. The van der Waals surface area contributed by atoms with Crippen molar-refractivity contribution >= 4 is 103 Å². The molecular formula is C52H50Cl4FN7O6. The molecule has 3 aromatic heterocycles. The molecule has 11 rings (SSSR count). The highest BCUT2D eigenvalue weighted by Gasteiger charge is 2.34. The number of aliphatic hydroxyl groups is 1. The second-order valence-electron chi connectivity index (χ2n) is 17.8. The fourth-order valence-corrected chi connectivity index (χ4v) is 9.95. The Labute approximate surface area is 424 Å². The van der Waals surface area contributed by atoms with Gasteiger partial charge in [-0.1, -0.05) is 46.4 Å². The number of aromatic nitrogens is 3. The third-order valence-corrected chi connectivity index (χ3v) is 13.9. The molecule has 13 nitrogen and oxygen atoms in total. The molecule has 0 aliphatic carbocycles. The Morgan fingerprint density at radius 2 is 1.20 bits per heavy atom. The lowest BCUT2D eigenvalue weighted by atomic mass is 9.99. The summed E-state index contributed by atoms with van der Waals surface area (Å²) in [4.78, 5) is 44.3. The summed E-state index contributed by atoms with van der Waals surface area (Å²) in [5, 5.41) is 29.0. The van der Waals surface area contributed by atoms with E-state index in [1.165, 1.54) is 6.07 Å². The number of hydrogen-bond acceptors (Lipinski definition) is 11. The van der Waals surface area contributed by atoms with Crippen molar-refractivity contribution in [3.05, 3.63) is 135 Å². The van der Waals surface area contributed by atoms with Crippen LogP contribution in [0.2, 0.25) is 20.2 Å². The first-order chi connectivity index (χ1) is 33.8. The summed E-state index contributed by atoms with van der Waals surface area (Å²) in [6.45, 7) is 5.40. The number of aliphatic carboxylic acids is 1. The van der Waals surface area contributed by atoms with Gasteiger partial charge in [-0.3, -0.25) is 9.59 Å². The number of fused-ring (bicyclic) bond motifs is 4. The second kappa shape index (κ2) is 22.1. The van der Waals surface area contributed by atoms with Gasteiger partial charge < -0.3 is 39.7 Å². The Bertz CT molecular complexity index is 3000. The molecule has 364 valence electrons. The molecule has 3 saturated heterocycles. The van der Waals surface area contributed by atoms with Crippen LogP contribution in [0.4, 0.5) is 16.0 Å². The maximum absolute atomic E-state index is 14.8. The van der Waals surface area contributed by atoms with Crippen LogP contribution < -0.4 is 24.6 Å². The van der Waals surface area contributed by atoms with Gasteiger partial charge in [0.1, 0.15) is 36.1 Å². The lowest BCUT2D eigenvalue weighted by molar-refractivity contribution is -0.141. The highest BCUT2D eigenvalue weighted by molar-refractivity contribution is 6.32. The van der Waals surface area contributed by atoms with Gasteiger partial charge in [-0.2, -0.15) is 0 Å². The van der Waals surface area contributed by atoms with E-state index in [1.807, 2.05) is 83.8 Å². The number of rotatable bonds is 9.